The molecule has 0 aromatic carbocycles. The van der Waals surface area contributed by atoms with Gasteiger partial charge in [0, 0.05) is 24.0 Å². The minimum absolute atomic E-state index is 0.115. The van der Waals surface area contributed by atoms with Crippen molar-refractivity contribution in [1.29, 1.82) is 0 Å². The number of aliphatic hydroxyl groups is 1. The summed E-state index contributed by atoms with van der Waals surface area (Å²) in [5.41, 5.74) is 1.03. The third kappa shape index (κ3) is 4.60. The van der Waals surface area contributed by atoms with Crippen LogP contribution in [0.25, 0.3) is 0 Å². The van der Waals surface area contributed by atoms with Crippen molar-refractivity contribution in [3.63, 3.8) is 0 Å². The largest absolute Gasteiger partial charge is 0.395 e. The Labute approximate surface area is 124 Å². The molecule has 2 rings (SSSR count). The van der Waals surface area contributed by atoms with E-state index in [1.165, 1.54) is 11.3 Å². The van der Waals surface area contributed by atoms with Gasteiger partial charge in [-0.05, 0) is 37.1 Å². The van der Waals surface area contributed by atoms with E-state index in [2.05, 4.69) is 11.8 Å². The fraction of sp³-hybridized carbons (Fsp3) is 0.625. The Morgan fingerprint density at radius 1 is 1.40 bits per heavy atom. The molecule has 110 valence electrons. The van der Waals surface area contributed by atoms with Gasteiger partial charge in [0.25, 0.3) is 0 Å². The molecule has 0 amide bonds. The van der Waals surface area contributed by atoms with E-state index in [0.717, 1.165) is 24.8 Å². The molecule has 20 heavy (non-hydrogen) atoms. The summed E-state index contributed by atoms with van der Waals surface area (Å²) in [4.78, 5) is 1.18. The fourth-order valence-corrected chi connectivity index (χ4v) is 3.19. The van der Waals surface area contributed by atoms with Crippen LogP contribution in [0.3, 0.4) is 0 Å². The van der Waals surface area contributed by atoms with E-state index in [1.54, 1.807) is 18.4 Å². The molecule has 2 unspecified atom stereocenters. The van der Waals surface area contributed by atoms with Gasteiger partial charge in [-0.25, -0.2) is 0 Å². The number of hydrogen-bond acceptors (Lipinski definition) is 4. The van der Waals surface area contributed by atoms with Gasteiger partial charge in [-0.3, -0.25) is 0 Å². The Kier molecular flexibility index (Phi) is 6.55. The first kappa shape index (κ1) is 15.5. The van der Waals surface area contributed by atoms with Crippen molar-refractivity contribution in [3.8, 4) is 11.8 Å². The SMILES string of the molecule is COC1CCCC(OCc2sccc2C#CCCO)C1. The van der Waals surface area contributed by atoms with Crippen molar-refractivity contribution in [2.75, 3.05) is 13.7 Å². The van der Waals surface area contributed by atoms with Crippen LogP contribution in [0.15, 0.2) is 11.4 Å². The maximum Gasteiger partial charge on any atom is 0.0825 e. The Balaban J connectivity index is 1.85. The Morgan fingerprint density at radius 3 is 3.05 bits per heavy atom. The summed E-state index contributed by atoms with van der Waals surface area (Å²) in [6, 6.07) is 2.02. The Hall–Kier alpha value is -0.860. The smallest absolute Gasteiger partial charge is 0.0825 e. The van der Waals surface area contributed by atoms with E-state index >= 15 is 0 Å². The van der Waals surface area contributed by atoms with Gasteiger partial charge >= 0.3 is 0 Å². The second-order valence-corrected chi connectivity index (χ2v) is 5.99. The van der Waals surface area contributed by atoms with Crippen molar-refractivity contribution < 1.29 is 14.6 Å². The molecular formula is C16H22O3S. The lowest BCUT2D eigenvalue weighted by atomic mass is 9.95. The number of aliphatic hydroxyl groups excluding tert-OH is 1. The summed E-state index contributed by atoms with van der Waals surface area (Å²) in [5, 5.41) is 10.8. The first-order valence-corrected chi connectivity index (χ1v) is 8.02. The molecular weight excluding hydrogens is 272 g/mol. The molecule has 1 aliphatic carbocycles. The molecule has 4 heteroatoms. The Morgan fingerprint density at radius 2 is 2.25 bits per heavy atom. The highest BCUT2D eigenvalue weighted by atomic mass is 32.1. The van der Waals surface area contributed by atoms with Gasteiger partial charge in [0.2, 0.25) is 0 Å². The number of ether oxygens (including phenoxy) is 2. The monoisotopic (exact) mass is 294 g/mol. The van der Waals surface area contributed by atoms with Gasteiger partial charge in [-0.2, -0.15) is 0 Å². The van der Waals surface area contributed by atoms with Gasteiger partial charge < -0.3 is 14.6 Å². The summed E-state index contributed by atoms with van der Waals surface area (Å²) in [6.45, 7) is 0.741. The third-order valence-corrected chi connectivity index (χ3v) is 4.46. The average molecular weight is 294 g/mol. The van der Waals surface area contributed by atoms with Crippen LogP contribution in [0.4, 0.5) is 0 Å². The van der Waals surface area contributed by atoms with Crippen LogP contribution in [0.5, 0.6) is 0 Å². The van der Waals surface area contributed by atoms with Crippen LogP contribution in [-0.4, -0.2) is 31.0 Å². The topological polar surface area (TPSA) is 38.7 Å². The number of rotatable bonds is 5. The zero-order chi connectivity index (χ0) is 14.2. The highest BCUT2D eigenvalue weighted by Gasteiger charge is 2.22. The third-order valence-electron chi connectivity index (χ3n) is 3.57. The summed E-state index contributed by atoms with van der Waals surface area (Å²) < 4.78 is 11.4. The molecule has 1 aromatic rings. The van der Waals surface area contributed by atoms with Crippen molar-refractivity contribution in [2.45, 2.75) is 50.9 Å². The van der Waals surface area contributed by atoms with E-state index in [9.17, 15) is 0 Å². The van der Waals surface area contributed by atoms with Gasteiger partial charge in [0.1, 0.15) is 0 Å². The maximum absolute atomic E-state index is 8.75. The fourth-order valence-electron chi connectivity index (χ4n) is 2.44. The van der Waals surface area contributed by atoms with Crippen molar-refractivity contribution in [2.24, 2.45) is 0 Å². The normalized spacial score (nSPS) is 22.3. The van der Waals surface area contributed by atoms with Crippen LogP contribution in [0.1, 0.15) is 42.5 Å². The number of methoxy groups -OCH3 is 1. The molecule has 0 radical (unpaired) electrons. The molecule has 0 bridgehead atoms. The van der Waals surface area contributed by atoms with Gasteiger partial charge in [-0.1, -0.05) is 11.8 Å². The Bertz CT molecular complexity index is 458. The van der Waals surface area contributed by atoms with E-state index < -0.39 is 0 Å². The molecule has 3 nitrogen and oxygen atoms in total. The van der Waals surface area contributed by atoms with E-state index in [-0.39, 0.29) is 6.61 Å². The van der Waals surface area contributed by atoms with Crippen LogP contribution >= 0.6 is 11.3 Å². The molecule has 0 aliphatic heterocycles. The van der Waals surface area contributed by atoms with Crippen LogP contribution in [0.2, 0.25) is 0 Å². The maximum atomic E-state index is 8.75. The lowest BCUT2D eigenvalue weighted by Gasteiger charge is -2.28. The molecule has 1 N–H and O–H groups in total. The lowest BCUT2D eigenvalue weighted by Crippen LogP contribution is -2.27. The first-order chi connectivity index (χ1) is 9.83. The minimum Gasteiger partial charge on any atom is -0.395 e. The minimum atomic E-state index is 0.115. The molecule has 2 atom stereocenters. The van der Waals surface area contributed by atoms with E-state index in [1.807, 2.05) is 11.4 Å². The van der Waals surface area contributed by atoms with Crippen LogP contribution in [0, 0.1) is 11.8 Å². The molecule has 0 spiro atoms. The van der Waals surface area contributed by atoms with Crippen LogP contribution in [-0.2, 0) is 16.1 Å². The van der Waals surface area contributed by atoms with Crippen LogP contribution < -0.4 is 0 Å². The summed E-state index contributed by atoms with van der Waals surface area (Å²) in [5.74, 6) is 6.06. The van der Waals surface area contributed by atoms with Gasteiger partial charge in [0.05, 0.1) is 25.4 Å². The molecule has 1 fully saturated rings. The second-order valence-electron chi connectivity index (χ2n) is 4.99. The van der Waals surface area contributed by atoms with Gasteiger partial charge in [-0.15, -0.1) is 11.3 Å². The molecule has 0 saturated heterocycles. The quantitative estimate of drug-likeness (QED) is 0.849. The summed E-state index contributed by atoms with van der Waals surface area (Å²) >= 11 is 1.68. The lowest BCUT2D eigenvalue weighted by molar-refractivity contribution is -0.0356. The zero-order valence-corrected chi connectivity index (χ0v) is 12.7. The predicted molar refractivity (Wildman–Crippen MR) is 80.7 cm³/mol. The van der Waals surface area contributed by atoms with Gasteiger partial charge in [0.15, 0.2) is 0 Å². The summed E-state index contributed by atoms with van der Waals surface area (Å²) in [6.07, 6.45) is 5.61. The molecule has 1 saturated carbocycles. The number of hydrogen-bond donors (Lipinski definition) is 1. The van der Waals surface area contributed by atoms with E-state index in [0.29, 0.717) is 25.2 Å². The average Bonchev–Trinajstić information content (AvgIpc) is 2.93. The molecule has 1 aromatic heterocycles. The van der Waals surface area contributed by atoms with Crippen molar-refractivity contribution in [3.05, 3.63) is 21.9 Å². The molecule has 1 heterocycles. The molecule has 1 aliphatic rings. The zero-order valence-electron chi connectivity index (χ0n) is 11.9. The first-order valence-electron chi connectivity index (χ1n) is 7.14. The van der Waals surface area contributed by atoms with Crippen molar-refractivity contribution >= 4 is 11.3 Å². The highest BCUT2D eigenvalue weighted by molar-refractivity contribution is 7.10. The summed E-state index contributed by atoms with van der Waals surface area (Å²) in [7, 11) is 1.78. The second kappa shape index (κ2) is 8.43. The standard InChI is InChI=1S/C16H22O3S/c1-18-14-6-4-7-15(11-14)19-12-16-13(8-10-20-16)5-2-3-9-17/h8,10,14-15,17H,3-4,6-7,9,11-12H2,1H3. The predicted octanol–water partition coefficient (Wildman–Crippen LogP) is 2.96. The van der Waals surface area contributed by atoms with Crippen molar-refractivity contribution in [1.82, 2.24) is 0 Å². The van der Waals surface area contributed by atoms with E-state index in [4.69, 9.17) is 14.6 Å². The number of thiophene rings is 1. The highest BCUT2D eigenvalue weighted by Crippen LogP contribution is 2.25.